The van der Waals surface area contributed by atoms with Gasteiger partial charge in [0.1, 0.15) is 6.33 Å². The molecule has 1 heterocycles. The molecule has 1 aliphatic rings. The summed E-state index contributed by atoms with van der Waals surface area (Å²) in [6, 6.07) is -0.468. The summed E-state index contributed by atoms with van der Waals surface area (Å²) in [5.41, 5.74) is 0. The van der Waals surface area contributed by atoms with Crippen molar-refractivity contribution in [2.75, 3.05) is 0 Å². The number of urea groups is 1. The van der Waals surface area contributed by atoms with Crippen LogP contribution in [-0.2, 0) is 11.8 Å². The molecule has 0 radical (unpaired) electrons. The van der Waals surface area contributed by atoms with Crippen molar-refractivity contribution in [2.24, 2.45) is 13.0 Å². The van der Waals surface area contributed by atoms with Crippen molar-refractivity contribution in [3.63, 3.8) is 0 Å². The molecular weight excluding hydrogens is 274 g/mol. The number of hydrogen-bond donors (Lipinski definition) is 3. The van der Waals surface area contributed by atoms with Crippen molar-refractivity contribution in [1.29, 1.82) is 0 Å². The highest BCUT2D eigenvalue weighted by Crippen LogP contribution is 2.24. The molecule has 2 rings (SSSR count). The lowest BCUT2D eigenvalue weighted by Gasteiger charge is -2.27. The van der Waals surface area contributed by atoms with Crippen molar-refractivity contribution in [2.45, 2.75) is 44.7 Å². The molecule has 21 heavy (non-hydrogen) atoms. The zero-order valence-electron chi connectivity index (χ0n) is 12.2. The number of carboxylic acids is 1. The lowest BCUT2D eigenvalue weighted by Crippen LogP contribution is -2.45. The molecule has 8 nitrogen and oxygen atoms in total. The first-order valence-electron chi connectivity index (χ1n) is 7.11. The van der Waals surface area contributed by atoms with Gasteiger partial charge in [-0.25, -0.2) is 4.79 Å². The van der Waals surface area contributed by atoms with Crippen LogP contribution < -0.4 is 10.6 Å². The van der Waals surface area contributed by atoms with E-state index in [1.54, 1.807) is 10.9 Å². The molecule has 116 valence electrons. The lowest BCUT2D eigenvalue weighted by atomic mass is 9.86. The average molecular weight is 295 g/mol. The third kappa shape index (κ3) is 3.93. The fraction of sp³-hybridized carbons (Fsp3) is 0.692. The van der Waals surface area contributed by atoms with Crippen molar-refractivity contribution in [3.05, 3.63) is 12.2 Å². The number of aliphatic carboxylic acids is 1. The third-order valence-corrected chi connectivity index (χ3v) is 3.89. The third-order valence-electron chi connectivity index (χ3n) is 3.89. The van der Waals surface area contributed by atoms with Gasteiger partial charge >= 0.3 is 12.0 Å². The quantitative estimate of drug-likeness (QED) is 0.762. The highest BCUT2D eigenvalue weighted by molar-refractivity contribution is 5.74. The van der Waals surface area contributed by atoms with Gasteiger partial charge in [-0.1, -0.05) is 0 Å². The summed E-state index contributed by atoms with van der Waals surface area (Å²) in [5.74, 6) is -0.336. The Hall–Kier alpha value is -2.12. The minimum absolute atomic E-state index is 0.0345. The van der Waals surface area contributed by atoms with Crippen LogP contribution in [-0.4, -0.2) is 37.9 Å². The van der Waals surface area contributed by atoms with Gasteiger partial charge in [-0.2, -0.15) is 0 Å². The molecule has 0 bridgehead atoms. The molecule has 0 saturated heterocycles. The number of nitrogens with zero attached hydrogens (tertiary/aromatic N) is 3. The second-order valence-electron chi connectivity index (χ2n) is 5.53. The molecule has 1 atom stereocenters. The molecule has 1 aromatic heterocycles. The predicted octanol–water partition coefficient (Wildman–Crippen LogP) is 0.819. The van der Waals surface area contributed by atoms with E-state index in [0.717, 1.165) is 0 Å². The minimum Gasteiger partial charge on any atom is -0.481 e. The zero-order valence-corrected chi connectivity index (χ0v) is 12.2. The van der Waals surface area contributed by atoms with Gasteiger partial charge in [-0.05, 0) is 32.6 Å². The molecule has 0 aliphatic heterocycles. The second kappa shape index (κ2) is 6.55. The fourth-order valence-electron chi connectivity index (χ4n) is 2.66. The lowest BCUT2D eigenvalue weighted by molar-refractivity contribution is -0.142. The van der Waals surface area contributed by atoms with Crippen LogP contribution in [0.25, 0.3) is 0 Å². The van der Waals surface area contributed by atoms with Crippen LogP contribution in [0.1, 0.15) is 44.5 Å². The number of nitrogens with one attached hydrogen (secondary N) is 2. The predicted molar refractivity (Wildman–Crippen MR) is 74.5 cm³/mol. The number of hydrogen-bond acceptors (Lipinski definition) is 4. The molecule has 1 unspecified atom stereocenters. The van der Waals surface area contributed by atoms with Crippen LogP contribution in [0.15, 0.2) is 6.33 Å². The van der Waals surface area contributed by atoms with Crippen LogP contribution in [0.2, 0.25) is 0 Å². The standard InChI is InChI=1S/C13H21N5O3/c1-8(11-17-14-7-18(11)2)15-13(21)16-10-5-3-9(4-6-10)12(19)20/h7-10H,3-6H2,1-2H3,(H,19,20)(H2,15,16,21). The molecular formula is C13H21N5O3. The molecule has 1 saturated carbocycles. The molecule has 3 N–H and O–H groups in total. The number of carbonyl (C=O) groups excluding carboxylic acids is 1. The van der Waals surface area contributed by atoms with E-state index in [-0.39, 0.29) is 24.0 Å². The molecule has 1 aliphatic carbocycles. The fourth-order valence-corrected chi connectivity index (χ4v) is 2.66. The Labute approximate surface area is 122 Å². The summed E-state index contributed by atoms with van der Waals surface area (Å²) >= 11 is 0. The first-order valence-corrected chi connectivity index (χ1v) is 7.11. The number of aryl methyl sites for hydroxylation is 1. The maximum absolute atomic E-state index is 11.9. The number of rotatable bonds is 4. The van der Waals surface area contributed by atoms with Gasteiger partial charge in [0.25, 0.3) is 0 Å². The van der Waals surface area contributed by atoms with Crippen molar-refractivity contribution in [1.82, 2.24) is 25.4 Å². The van der Waals surface area contributed by atoms with E-state index in [1.165, 1.54) is 0 Å². The van der Waals surface area contributed by atoms with E-state index < -0.39 is 5.97 Å². The SMILES string of the molecule is CC(NC(=O)NC1CCC(C(=O)O)CC1)c1nncn1C. The monoisotopic (exact) mass is 295 g/mol. The van der Waals surface area contributed by atoms with E-state index >= 15 is 0 Å². The van der Waals surface area contributed by atoms with Gasteiger partial charge in [0.05, 0.1) is 12.0 Å². The van der Waals surface area contributed by atoms with Gasteiger partial charge in [0.15, 0.2) is 5.82 Å². The second-order valence-corrected chi connectivity index (χ2v) is 5.53. The first-order chi connectivity index (χ1) is 9.97. The normalized spacial score (nSPS) is 23.3. The van der Waals surface area contributed by atoms with Crippen molar-refractivity contribution < 1.29 is 14.7 Å². The van der Waals surface area contributed by atoms with E-state index in [9.17, 15) is 9.59 Å². The summed E-state index contributed by atoms with van der Waals surface area (Å²) in [4.78, 5) is 22.8. The summed E-state index contributed by atoms with van der Waals surface area (Å²) in [5, 5.41) is 22.4. The highest BCUT2D eigenvalue weighted by atomic mass is 16.4. The van der Waals surface area contributed by atoms with Gasteiger partial charge in [0, 0.05) is 13.1 Å². The topological polar surface area (TPSA) is 109 Å². The number of carbonyl (C=O) groups is 2. The van der Waals surface area contributed by atoms with Gasteiger partial charge in [-0.3, -0.25) is 4.79 Å². The Morgan fingerprint density at radius 1 is 1.38 bits per heavy atom. The zero-order chi connectivity index (χ0) is 15.4. The van der Waals surface area contributed by atoms with Crippen LogP contribution in [0, 0.1) is 5.92 Å². The Morgan fingerprint density at radius 2 is 2.05 bits per heavy atom. The summed E-state index contributed by atoms with van der Waals surface area (Å²) < 4.78 is 1.75. The van der Waals surface area contributed by atoms with Crippen LogP contribution in [0.3, 0.4) is 0 Å². The van der Waals surface area contributed by atoms with Gasteiger partial charge in [0.2, 0.25) is 0 Å². The van der Waals surface area contributed by atoms with E-state index in [0.29, 0.717) is 31.5 Å². The van der Waals surface area contributed by atoms with Crippen molar-refractivity contribution in [3.8, 4) is 0 Å². The summed E-state index contributed by atoms with van der Waals surface area (Å²) in [7, 11) is 1.82. The maximum Gasteiger partial charge on any atom is 0.315 e. The Balaban J connectivity index is 1.78. The number of carboxylic acid groups (broad SMARTS) is 1. The highest BCUT2D eigenvalue weighted by Gasteiger charge is 2.27. The van der Waals surface area contributed by atoms with Gasteiger partial charge in [-0.15, -0.1) is 10.2 Å². The molecule has 8 heteroatoms. The smallest absolute Gasteiger partial charge is 0.315 e. The van der Waals surface area contributed by atoms with E-state index in [2.05, 4.69) is 20.8 Å². The van der Waals surface area contributed by atoms with Crippen LogP contribution in [0.4, 0.5) is 4.79 Å². The van der Waals surface area contributed by atoms with Gasteiger partial charge < -0.3 is 20.3 Å². The molecule has 0 spiro atoms. The van der Waals surface area contributed by atoms with Crippen molar-refractivity contribution >= 4 is 12.0 Å². The molecule has 0 aromatic carbocycles. The number of aromatic nitrogens is 3. The summed E-state index contributed by atoms with van der Waals surface area (Å²) in [6.45, 7) is 1.84. The van der Waals surface area contributed by atoms with Crippen LogP contribution in [0.5, 0.6) is 0 Å². The van der Waals surface area contributed by atoms with E-state index in [1.807, 2.05) is 14.0 Å². The average Bonchev–Trinajstić information content (AvgIpc) is 2.85. The molecule has 2 amide bonds. The Morgan fingerprint density at radius 3 is 2.57 bits per heavy atom. The first kappa shape index (κ1) is 15.3. The summed E-state index contributed by atoms with van der Waals surface area (Å²) in [6.07, 6.45) is 4.20. The Bertz CT molecular complexity index is 508. The van der Waals surface area contributed by atoms with E-state index in [4.69, 9.17) is 5.11 Å². The number of amides is 2. The van der Waals surface area contributed by atoms with Crippen LogP contribution >= 0.6 is 0 Å². The molecule has 1 aromatic rings. The Kier molecular flexibility index (Phi) is 4.77. The maximum atomic E-state index is 11.9. The minimum atomic E-state index is -0.742. The molecule has 1 fully saturated rings. The largest absolute Gasteiger partial charge is 0.481 e.